The Morgan fingerprint density at radius 2 is 2.11 bits per heavy atom. The summed E-state index contributed by atoms with van der Waals surface area (Å²) in [7, 11) is 0. The second-order valence-electron chi connectivity index (χ2n) is 1.12. The lowest BCUT2D eigenvalue weighted by Gasteiger charge is -1.92. The number of esters is 1. The van der Waals surface area contributed by atoms with Crippen molar-refractivity contribution >= 4 is 18.4 Å². The minimum atomic E-state index is -0.412. The van der Waals surface area contributed by atoms with E-state index in [2.05, 4.69) is 17.9 Å². The molecule has 0 amide bonds. The van der Waals surface area contributed by atoms with Crippen molar-refractivity contribution in [3.05, 3.63) is 25.3 Å². The van der Waals surface area contributed by atoms with Gasteiger partial charge in [-0.05, 0) is 0 Å². The normalized spacial score (nSPS) is 6.67. The first-order valence-electron chi connectivity index (χ1n) is 2.21. The van der Waals surface area contributed by atoms with Crippen molar-refractivity contribution in [2.45, 2.75) is 0 Å². The van der Waals surface area contributed by atoms with Crippen LogP contribution in [0.5, 0.6) is 0 Å². The van der Waals surface area contributed by atoms with E-state index in [1.807, 2.05) is 0 Å². The molecular formula is C6H9ClO2. The van der Waals surface area contributed by atoms with Crippen LogP contribution in [0.3, 0.4) is 0 Å². The highest BCUT2D eigenvalue weighted by molar-refractivity contribution is 5.85. The molecule has 0 N–H and O–H groups in total. The fourth-order valence-electron chi connectivity index (χ4n) is 0.200. The maximum Gasteiger partial charge on any atom is 0.330 e. The third-order valence-electron chi connectivity index (χ3n) is 0.510. The number of hydrogen-bond acceptors (Lipinski definition) is 2. The molecule has 2 nitrogen and oxygen atoms in total. The highest BCUT2D eigenvalue weighted by Crippen LogP contribution is 1.77. The molecule has 0 heterocycles. The van der Waals surface area contributed by atoms with Crippen LogP contribution < -0.4 is 0 Å². The van der Waals surface area contributed by atoms with Crippen molar-refractivity contribution in [2.24, 2.45) is 0 Å². The number of carbonyl (C=O) groups excluding carboxylic acids is 1. The lowest BCUT2D eigenvalue weighted by Crippen LogP contribution is -1.98. The summed E-state index contributed by atoms with van der Waals surface area (Å²) in [5, 5.41) is 0. The monoisotopic (exact) mass is 148 g/mol. The van der Waals surface area contributed by atoms with Gasteiger partial charge < -0.3 is 4.74 Å². The Morgan fingerprint density at radius 3 is 2.44 bits per heavy atom. The Bertz CT molecular complexity index is 110. The molecule has 0 aromatic carbocycles. The number of ether oxygens (including phenoxy) is 1. The van der Waals surface area contributed by atoms with Crippen LogP contribution in [0.15, 0.2) is 25.3 Å². The maximum atomic E-state index is 10.2. The molecule has 0 saturated heterocycles. The predicted molar refractivity (Wildman–Crippen MR) is 38.6 cm³/mol. The molecule has 52 valence electrons. The van der Waals surface area contributed by atoms with Gasteiger partial charge in [0.25, 0.3) is 0 Å². The fraction of sp³-hybridized carbons (Fsp3) is 0.167. The van der Waals surface area contributed by atoms with E-state index in [1.165, 1.54) is 6.08 Å². The van der Waals surface area contributed by atoms with E-state index in [0.717, 1.165) is 6.08 Å². The largest absolute Gasteiger partial charge is 0.458 e. The molecule has 0 aliphatic heterocycles. The van der Waals surface area contributed by atoms with Gasteiger partial charge in [0.15, 0.2) is 0 Å². The molecule has 0 saturated carbocycles. The SMILES string of the molecule is C=CCOC(=O)C=C.Cl. The third kappa shape index (κ3) is 7.24. The number of rotatable bonds is 3. The average Bonchev–Trinajstić information content (AvgIpc) is 1.83. The zero-order valence-electron chi connectivity index (χ0n) is 5.00. The van der Waals surface area contributed by atoms with Crippen LogP contribution in [0.25, 0.3) is 0 Å². The maximum absolute atomic E-state index is 10.2. The van der Waals surface area contributed by atoms with Crippen LogP contribution in [-0.4, -0.2) is 12.6 Å². The molecule has 0 fully saturated rings. The molecule has 0 aliphatic rings. The number of carbonyl (C=O) groups is 1. The average molecular weight is 149 g/mol. The van der Waals surface area contributed by atoms with Gasteiger partial charge in [0.1, 0.15) is 6.61 Å². The van der Waals surface area contributed by atoms with Crippen LogP contribution in [0.1, 0.15) is 0 Å². The molecule has 0 unspecified atom stereocenters. The van der Waals surface area contributed by atoms with E-state index in [9.17, 15) is 4.79 Å². The van der Waals surface area contributed by atoms with Gasteiger partial charge in [-0.3, -0.25) is 0 Å². The summed E-state index contributed by atoms with van der Waals surface area (Å²) in [6.07, 6.45) is 2.62. The minimum Gasteiger partial charge on any atom is -0.458 e. The van der Waals surface area contributed by atoms with Crippen molar-refractivity contribution in [3.8, 4) is 0 Å². The molecule has 0 bridgehead atoms. The van der Waals surface area contributed by atoms with Crippen molar-refractivity contribution in [2.75, 3.05) is 6.61 Å². The van der Waals surface area contributed by atoms with Crippen molar-refractivity contribution in [1.82, 2.24) is 0 Å². The molecule has 0 radical (unpaired) electrons. The van der Waals surface area contributed by atoms with Crippen LogP contribution in [0.2, 0.25) is 0 Å². The Kier molecular flexibility index (Phi) is 8.92. The minimum absolute atomic E-state index is 0. The molecular weight excluding hydrogens is 140 g/mol. The van der Waals surface area contributed by atoms with E-state index in [-0.39, 0.29) is 19.0 Å². The van der Waals surface area contributed by atoms with E-state index in [4.69, 9.17) is 0 Å². The summed E-state index contributed by atoms with van der Waals surface area (Å²) in [5.74, 6) is -0.412. The van der Waals surface area contributed by atoms with E-state index in [1.54, 1.807) is 0 Å². The Morgan fingerprint density at radius 1 is 1.56 bits per heavy atom. The van der Waals surface area contributed by atoms with Crippen molar-refractivity contribution in [1.29, 1.82) is 0 Å². The first-order chi connectivity index (χ1) is 3.81. The second-order valence-corrected chi connectivity index (χ2v) is 1.12. The quantitative estimate of drug-likeness (QED) is 0.343. The standard InChI is InChI=1S/C6H8O2.ClH/c1-3-5-8-6(7)4-2;/h3-4H,1-2,5H2;1H. The van der Waals surface area contributed by atoms with Crippen molar-refractivity contribution in [3.63, 3.8) is 0 Å². The smallest absolute Gasteiger partial charge is 0.330 e. The number of halogens is 1. The topological polar surface area (TPSA) is 26.3 Å². The zero-order chi connectivity index (χ0) is 6.41. The van der Waals surface area contributed by atoms with Gasteiger partial charge >= 0.3 is 5.97 Å². The van der Waals surface area contributed by atoms with E-state index < -0.39 is 5.97 Å². The summed E-state index contributed by atoms with van der Waals surface area (Å²) >= 11 is 0. The van der Waals surface area contributed by atoms with E-state index in [0.29, 0.717) is 0 Å². The molecule has 0 spiro atoms. The van der Waals surface area contributed by atoms with Crippen LogP contribution >= 0.6 is 12.4 Å². The fourth-order valence-corrected chi connectivity index (χ4v) is 0.200. The van der Waals surface area contributed by atoms with Crippen LogP contribution in [-0.2, 0) is 9.53 Å². The lowest BCUT2D eigenvalue weighted by molar-refractivity contribution is -0.136. The Hall–Kier alpha value is -0.760. The van der Waals surface area contributed by atoms with Gasteiger partial charge in [0, 0.05) is 6.08 Å². The van der Waals surface area contributed by atoms with Crippen molar-refractivity contribution < 1.29 is 9.53 Å². The lowest BCUT2D eigenvalue weighted by atomic mass is 10.6. The zero-order valence-corrected chi connectivity index (χ0v) is 5.82. The van der Waals surface area contributed by atoms with Gasteiger partial charge in [-0.2, -0.15) is 0 Å². The van der Waals surface area contributed by atoms with Gasteiger partial charge in [-0.25, -0.2) is 4.79 Å². The first-order valence-corrected chi connectivity index (χ1v) is 2.21. The first kappa shape index (κ1) is 11.1. The van der Waals surface area contributed by atoms with Gasteiger partial charge in [0.2, 0.25) is 0 Å². The molecule has 0 rings (SSSR count). The Balaban J connectivity index is 0. The molecule has 0 aromatic rings. The molecule has 3 heteroatoms. The highest BCUT2D eigenvalue weighted by Gasteiger charge is 1.87. The van der Waals surface area contributed by atoms with Gasteiger partial charge in [0.05, 0.1) is 0 Å². The molecule has 9 heavy (non-hydrogen) atoms. The molecule has 0 atom stereocenters. The van der Waals surface area contributed by atoms with Crippen LogP contribution in [0, 0.1) is 0 Å². The van der Waals surface area contributed by atoms with Crippen LogP contribution in [0.4, 0.5) is 0 Å². The van der Waals surface area contributed by atoms with Gasteiger partial charge in [-0.15, -0.1) is 12.4 Å². The predicted octanol–water partition coefficient (Wildman–Crippen LogP) is 1.32. The third-order valence-corrected chi connectivity index (χ3v) is 0.510. The summed E-state index contributed by atoms with van der Waals surface area (Å²) < 4.78 is 4.47. The Labute approximate surface area is 60.6 Å². The molecule has 0 aromatic heterocycles. The molecule has 0 aliphatic carbocycles. The summed E-state index contributed by atoms with van der Waals surface area (Å²) in [6, 6.07) is 0. The summed E-state index contributed by atoms with van der Waals surface area (Å²) in [4.78, 5) is 10.2. The summed E-state index contributed by atoms with van der Waals surface area (Å²) in [5.41, 5.74) is 0. The number of hydrogen-bond donors (Lipinski definition) is 0. The summed E-state index contributed by atoms with van der Waals surface area (Å²) in [6.45, 7) is 6.81. The highest BCUT2D eigenvalue weighted by atomic mass is 35.5. The van der Waals surface area contributed by atoms with Gasteiger partial charge in [-0.1, -0.05) is 19.2 Å². The second kappa shape index (κ2) is 7.24. The van der Waals surface area contributed by atoms with E-state index >= 15 is 0 Å².